The van der Waals surface area contributed by atoms with Gasteiger partial charge in [0.05, 0.1) is 21.6 Å². The van der Waals surface area contributed by atoms with E-state index in [0.717, 1.165) is 5.56 Å². The summed E-state index contributed by atoms with van der Waals surface area (Å²) < 4.78 is 22.6. The Morgan fingerprint density at radius 3 is 2.28 bits per heavy atom. The van der Waals surface area contributed by atoms with E-state index in [1.807, 2.05) is 6.92 Å². The van der Waals surface area contributed by atoms with Crippen LogP contribution in [0.15, 0.2) is 47.4 Å². The second kappa shape index (κ2) is 7.61. The van der Waals surface area contributed by atoms with Gasteiger partial charge in [0, 0.05) is 12.1 Å². The van der Waals surface area contributed by atoms with E-state index in [-0.39, 0.29) is 17.0 Å². The molecule has 2 aromatic carbocycles. The zero-order valence-electron chi connectivity index (χ0n) is 13.5. The zero-order chi connectivity index (χ0) is 18.8. The van der Waals surface area contributed by atoms with Gasteiger partial charge >= 0.3 is 6.03 Å². The fraction of sp³-hybridized carbons (Fsp3) is 0.188. The second-order valence-corrected chi connectivity index (χ2v) is 7.86. The molecule has 2 rings (SSSR count). The molecule has 0 saturated heterocycles. The van der Waals surface area contributed by atoms with E-state index in [0.29, 0.717) is 15.7 Å². The monoisotopic (exact) mass is 401 g/mol. The number of nitrogens with one attached hydrogen (secondary N) is 1. The molecule has 1 atom stereocenters. The minimum atomic E-state index is -3.75. The van der Waals surface area contributed by atoms with Crippen LogP contribution in [0.5, 0.6) is 0 Å². The summed E-state index contributed by atoms with van der Waals surface area (Å²) in [4.78, 5) is 13.9. The highest BCUT2D eigenvalue weighted by atomic mass is 35.5. The Balaban J connectivity index is 2.13. The molecule has 0 radical (unpaired) electrons. The standard InChI is InChI=1S/C16H17Cl2N3O3S/c1-10(11-3-6-13(7-4-11)25(19,23)24)21(2)16(22)20-15-8-5-12(17)9-14(15)18/h3-10H,1-2H3,(H,20,22)(H2,19,23,24). The number of hydrogen-bond acceptors (Lipinski definition) is 3. The Bertz CT molecular complexity index is 886. The molecule has 3 N–H and O–H groups in total. The van der Waals surface area contributed by atoms with Crippen molar-refractivity contribution in [2.24, 2.45) is 5.14 Å². The second-order valence-electron chi connectivity index (χ2n) is 5.46. The summed E-state index contributed by atoms with van der Waals surface area (Å²) >= 11 is 11.9. The van der Waals surface area contributed by atoms with Crippen LogP contribution in [-0.2, 0) is 10.0 Å². The van der Waals surface area contributed by atoms with Crippen LogP contribution in [0.3, 0.4) is 0 Å². The highest BCUT2D eigenvalue weighted by Crippen LogP contribution is 2.27. The molecule has 6 nitrogen and oxygen atoms in total. The lowest BCUT2D eigenvalue weighted by atomic mass is 10.1. The van der Waals surface area contributed by atoms with Gasteiger partial charge in [0.2, 0.25) is 10.0 Å². The predicted molar refractivity (Wildman–Crippen MR) is 99.5 cm³/mol. The zero-order valence-corrected chi connectivity index (χ0v) is 15.9. The third-order valence-corrected chi connectivity index (χ3v) is 5.24. The number of nitrogens with two attached hydrogens (primary N) is 1. The highest BCUT2D eigenvalue weighted by Gasteiger charge is 2.19. The number of hydrogen-bond donors (Lipinski definition) is 2. The van der Waals surface area contributed by atoms with Gasteiger partial charge in [0.15, 0.2) is 0 Å². The number of halogens is 2. The molecule has 134 valence electrons. The molecule has 1 unspecified atom stereocenters. The topological polar surface area (TPSA) is 92.5 Å². The van der Waals surface area contributed by atoms with E-state index in [1.165, 1.54) is 23.1 Å². The lowest BCUT2D eigenvalue weighted by Crippen LogP contribution is -2.33. The van der Waals surface area contributed by atoms with Crippen molar-refractivity contribution in [3.8, 4) is 0 Å². The molecule has 0 heterocycles. The van der Waals surface area contributed by atoms with Gasteiger partial charge in [-0.25, -0.2) is 18.4 Å². The molecule has 9 heteroatoms. The van der Waals surface area contributed by atoms with Crippen molar-refractivity contribution >= 4 is 44.9 Å². The normalized spacial score (nSPS) is 12.5. The van der Waals surface area contributed by atoms with Crippen LogP contribution >= 0.6 is 23.2 Å². The molecule has 0 aliphatic carbocycles. The van der Waals surface area contributed by atoms with Crippen molar-refractivity contribution in [3.05, 3.63) is 58.1 Å². The average molecular weight is 402 g/mol. The summed E-state index contributed by atoms with van der Waals surface area (Å²) in [6, 6.07) is 10.1. The van der Waals surface area contributed by atoms with Crippen LogP contribution in [0.1, 0.15) is 18.5 Å². The maximum atomic E-state index is 12.4. The Kier molecular flexibility index (Phi) is 5.95. The van der Waals surface area contributed by atoms with Gasteiger partial charge in [-0.15, -0.1) is 0 Å². The van der Waals surface area contributed by atoms with Gasteiger partial charge in [-0.3, -0.25) is 0 Å². The number of nitrogens with zero attached hydrogens (tertiary/aromatic N) is 1. The van der Waals surface area contributed by atoms with Crippen LogP contribution in [-0.4, -0.2) is 26.4 Å². The van der Waals surface area contributed by atoms with Crippen molar-refractivity contribution in [2.45, 2.75) is 17.9 Å². The maximum Gasteiger partial charge on any atom is 0.322 e. The number of carbonyl (C=O) groups is 1. The van der Waals surface area contributed by atoms with Crippen molar-refractivity contribution in [1.82, 2.24) is 4.90 Å². The third kappa shape index (κ3) is 4.85. The quantitative estimate of drug-likeness (QED) is 0.813. The molecule has 2 aromatic rings. The summed E-state index contributed by atoms with van der Waals surface area (Å²) in [6.07, 6.45) is 0. The van der Waals surface area contributed by atoms with E-state index >= 15 is 0 Å². The molecule has 0 aliphatic heterocycles. The van der Waals surface area contributed by atoms with Gasteiger partial charge in [0.1, 0.15) is 0 Å². The number of urea groups is 1. The Labute approximate surface area is 156 Å². The van der Waals surface area contributed by atoms with Crippen molar-refractivity contribution < 1.29 is 13.2 Å². The molecule has 0 bridgehead atoms. The van der Waals surface area contributed by atoms with Gasteiger partial charge in [-0.1, -0.05) is 35.3 Å². The summed E-state index contributed by atoms with van der Waals surface area (Å²) in [5, 5.41) is 8.59. The maximum absolute atomic E-state index is 12.4. The van der Waals surface area contributed by atoms with Gasteiger partial charge in [-0.2, -0.15) is 0 Å². The van der Waals surface area contributed by atoms with E-state index < -0.39 is 10.0 Å². The SMILES string of the molecule is CC(c1ccc(S(N)(=O)=O)cc1)N(C)C(=O)Nc1ccc(Cl)cc1Cl. The number of anilines is 1. The van der Waals surface area contributed by atoms with Crippen molar-refractivity contribution in [3.63, 3.8) is 0 Å². The fourth-order valence-electron chi connectivity index (χ4n) is 2.13. The molecule has 0 aliphatic rings. The number of primary sulfonamides is 1. The Hall–Kier alpha value is -1.80. The lowest BCUT2D eigenvalue weighted by molar-refractivity contribution is 0.208. The van der Waals surface area contributed by atoms with Crippen LogP contribution in [0.25, 0.3) is 0 Å². The minimum absolute atomic E-state index is 0.0171. The first kappa shape index (κ1) is 19.5. The lowest BCUT2D eigenvalue weighted by Gasteiger charge is -2.26. The molecule has 2 amide bonds. The van der Waals surface area contributed by atoms with E-state index in [2.05, 4.69) is 5.32 Å². The molecule has 0 saturated carbocycles. The Morgan fingerprint density at radius 2 is 1.76 bits per heavy atom. The summed E-state index contributed by atoms with van der Waals surface area (Å²) in [5.41, 5.74) is 1.20. The summed E-state index contributed by atoms with van der Waals surface area (Å²) in [6.45, 7) is 1.81. The van der Waals surface area contributed by atoms with E-state index in [1.54, 1.807) is 31.3 Å². The molecular formula is C16H17Cl2N3O3S. The Morgan fingerprint density at radius 1 is 1.16 bits per heavy atom. The number of benzene rings is 2. The highest BCUT2D eigenvalue weighted by molar-refractivity contribution is 7.89. The van der Waals surface area contributed by atoms with Crippen LogP contribution < -0.4 is 10.5 Å². The average Bonchev–Trinajstić information content (AvgIpc) is 2.55. The van der Waals surface area contributed by atoms with Crippen molar-refractivity contribution in [2.75, 3.05) is 12.4 Å². The van der Waals surface area contributed by atoms with Gasteiger partial charge in [0.25, 0.3) is 0 Å². The summed E-state index contributed by atoms with van der Waals surface area (Å²) in [5.74, 6) is 0. The molecular weight excluding hydrogens is 385 g/mol. The molecule has 0 aromatic heterocycles. The first-order chi connectivity index (χ1) is 11.6. The van der Waals surface area contributed by atoms with E-state index in [4.69, 9.17) is 28.3 Å². The van der Waals surface area contributed by atoms with Gasteiger partial charge < -0.3 is 10.2 Å². The predicted octanol–water partition coefficient (Wildman–Crippen LogP) is 3.87. The molecule has 0 fully saturated rings. The first-order valence-corrected chi connectivity index (χ1v) is 9.51. The number of rotatable bonds is 4. The first-order valence-electron chi connectivity index (χ1n) is 7.21. The van der Waals surface area contributed by atoms with Crippen molar-refractivity contribution in [1.29, 1.82) is 0 Å². The largest absolute Gasteiger partial charge is 0.322 e. The number of carbonyl (C=O) groups excluding carboxylic acids is 1. The molecule has 25 heavy (non-hydrogen) atoms. The van der Waals surface area contributed by atoms with Gasteiger partial charge in [-0.05, 0) is 42.8 Å². The van der Waals surface area contributed by atoms with Crippen LogP contribution in [0.2, 0.25) is 10.0 Å². The smallest absolute Gasteiger partial charge is 0.321 e. The van der Waals surface area contributed by atoms with Crippen LogP contribution in [0, 0.1) is 0 Å². The number of amides is 2. The fourth-order valence-corrected chi connectivity index (χ4v) is 3.10. The third-order valence-electron chi connectivity index (χ3n) is 3.77. The van der Waals surface area contributed by atoms with E-state index in [9.17, 15) is 13.2 Å². The van der Waals surface area contributed by atoms with Crippen LogP contribution in [0.4, 0.5) is 10.5 Å². The minimum Gasteiger partial charge on any atom is -0.321 e. The molecule has 0 spiro atoms. The number of sulfonamides is 1. The summed E-state index contributed by atoms with van der Waals surface area (Å²) in [7, 11) is -2.13.